The van der Waals surface area contributed by atoms with Gasteiger partial charge in [0.1, 0.15) is 5.75 Å². The Morgan fingerprint density at radius 2 is 1.91 bits per heavy atom. The number of amides is 1. The van der Waals surface area contributed by atoms with E-state index < -0.39 is 6.10 Å². The summed E-state index contributed by atoms with van der Waals surface area (Å²) in [6, 6.07) is 6.49. The van der Waals surface area contributed by atoms with Gasteiger partial charge in [0.05, 0.1) is 0 Å². The van der Waals surface area contributed by atoms with Crippen LogP contribution in [0.25, 0.3) is 0 Å². The number of hydrogen-bond donors (Lipinski definition) is 2. The van der Waals surface area contributed by atoms with Gasteiger partial charge in [-0.25, -0.2) is 0 Å². The number of hydrogen-bond acceptors (Lipinski definition) is 3. The van der Waals surface area contributed by atoms with Crippen molar-refractivity contribution in [3.8, 4) is 5.75 Å². The normalized spacial score (nSPS) is 16.6. The van der Waals surface area contributed by atoms with Crippen LogP contribution in [0.2, 0.25) is 0 Å². The standard InChI is InChI=1S/C18H28N2O2.ClH/c1-12(2)15-6-5-13(3)17(11-15)22-14(4)18(21)20-16-7-9-19-10-8-16;/h5-6,11-12,14,16,19H,7-10H2,1-4H3,(H,20,21);1H. The van der Waals surface area contributed by atoms with Crippen molar-refractivity contribution in [3.63, 3.8) is 0 Å². The lowest BCUT2D eigenvalue weighted by atomic mass is 10.0. The highest BCUT2D eigenvalue weighted by molar-refractivity contribution is 5.85. The molecule has 1 unspecified atom stereocenters. The molecule has 0 spiro atoms. The molecule has 1 fully saturated rings. The second-order valence-electron chi connectivity index (χ2n) is 6.47. The number of aryl methyl sites for hydroxylation is 1. The van der Waals surface area contributed by atoms with Gasteiger partial charge in [0.25, 0.3) is 5.91 Å². The van der Waals surface area contributed by atoms with Crippen molar-refractivity contribution < 1.29 is 9.53 Å². The van der Waals surface area contributed by atoms with Gasteiger partial charge in [0.15, 0.2) is 6.10 Å². The van der Waals surface area contributed by atoms with Gasteiger partial charge < -0.3 is 15.4 Å². The fourth-order valence-corrected chi connectivity index (χ4v) is 2.63. The molecule has 23 heavy (non-hydrogen) atoms. The minimum atomic E-state index is -0.476. The van der Waals surface area contributed by atoms with E-state index in [9.17, 15) is 4.79 Å². The predicted octanol–water partition coefficient (Wildman–Crippen LogP) is 3.18. The Labute approximate surface area is 145 Å². The summed E-state index contributed by atoms with van der Waals surface area (Å²) in [7, 11) is 0. The molecule has 0 bridgehead atoms. The number of halogens is 1. The first-order chi connectivity index (χ1) is 10.5. The predicted molar refractivity (Wildman–Crippen MR) is 96.6 cm³/mol. The van der Waals surface area contributed by atoms with Crippen molar-refractivity contribution in [1.82, 2.24) is 10.6 Å². The summed E-state index contributed by atoms with van der Waals surface area (Å²) in [6.45, 7) is 10.1. The van der Waals surface area contributed by atoms with Crippen molar-refractivity contribution in [2.75, 3.05) is 13.1 Å². The molecule has 0 saturated carbocycles. The van der Waals surface area contributed by atoms with Crippen molar-refractivity contribution in [2.24, 2.45) is 0 Å². The molecule has 0 aliphatic carbocycles. The van der Waals surface area contributed by atoms with Gasteiger partial charge in [-0.3, -0.25) is 4.79 Å². The second kappa shape index (κ2) is 9.14. The van der Waals surface area contributed by atoms with Gasteiger partial charge in [0, 0.05) is 6.04 Å². The number of rotatable bonds is 5. The van der Waals surface area contributed by atoms with Gasteiger partial charge in [-0.2, -0.15) is 0 Å². The highest BCUT2D eigenvalue weighted by Gasteiger charge is 2.21. The molecule has 1 saturated heterocycles. The maximum Gasteiger partial charge on any atom is 0.260 e. The Hall–Kier alpha value is -1.26. The Balaban J connectivity index is 0.00000264. The molecule has 4 nitrogen and oxygen atoms in total. The summed E-state index contributed by atoms with van der Waals surface area (Å²) in [6.07, 6.45) is 1.50. The average Bonchev–Trinajstić information content (AvgIpc) is 2.50. The SMILES string of the molecule is Cc1ccc(C(C)C)cc1OC(C)C(=O)NC1CCNCC1.Cl. The molecule has 5 heteroatoms. The van der Waals surface area contributed by atoms with Crippen LogP contribution in [0, 0.1) is 6.92 Å². The van der Waals surface area contributed by atoms with Gasteiger partial charge in [-0.15, -0.1) is 12.4 Å². The van der Waals surface area contributed by atoms with E-state index in [4.69, 9.17) is 4.74 Å². The second-order valence-corrected chi connectivity index (χ2v) is 6.47. The van der Waals surface area contributed by atoms with Crippen molar-refractivity contribution in [1.29, 1.82) is 0 Å². The Morgan fingerprint density at radius 1 is 1.26 bits per heavy atom. The first-order valence-corrected chi connectivity index (χ1v) is 8.25. The summed E-state index contributed by atoms with van der Waals surface area (Å²) in [5.74, 6) is 1.22. The smallest absolute Gasteiger partial charge is 0.260 e. The van der Waals surface area contributed by atoms with Gasteiger partial charge >= 0.3 is 0 Å². The van der Waals surface area contributed by atoms with Crippen LogP contribution < -0.4 is 15.4 Å². The molecule has 2 rings (SSSR count). The van der Waals surface area contributed by atoms with Crippen molar-refractivity contribution >= 4 is 18.3 Å². The highest BCUT2D eigenvalue weighted by atomic mass is 35.5. The maximum atomic E-state index is 12.3. The van der Waals surface area contributed by atoms with Crippen molar-refractivity contribution in [2.45, 2.75) is 58.6 Å². The molecule has 0 radical (unpaired) electrons. The summed E-state index contributed by atoms with van der Waals surface area (Å²) in [5, 5.41) is 6.39. The van der Waals surface area contributed by atoms with Crippen LogP contribution in [0.5, 0.6) is 5.75 Å². The molecule has 1 amide bonds. The lowest BCUT2D eigenvalue weighted by Gasteiger charge is -2.25. The lowest BCUT2D eigenvalue weighted by Crippen LogP contribution is -2.47. The van der Waals surface area contributed by atoms with Crippen LogP contribution in [0.1, 0.15) is 50.7 Å². The number of benzene rings is 1. The van der Waals surface area contributed by atoms with Crippen LogP contribution in [0.15, 0.2) is 18.2 Å². The number of piperidine rings is 1. The van der Waals surface area contributed by atoms with E-state index >= 15 is 0 Å². The quantitative estimate of drug-likeness (QED) is 0.865. The third-order valence-electron chi connectivity index (χ3n) is 4.24. The van der Waals surface area contributed by atoms with Gasteiger partial charge in [-0.05, 0) is 62.9 Å². The molecule has 2 N–H and O–H groups in total. The summed E-state index contributed by atoms with van der Waals surface area (Å²) in [5.41, 5.74) is 2.29. The van der Waals surface area contributed by atoms with E-state index in [0.717, 1.165) is 37.2 Å². The zero-order valence-electron chi connectivity index (χ0n) is 14.5. The number of carbonyl (C=O) groups excluding carboxylic acids is 1. The molecule has 1 aliphatic rings. The first-order valence-electron chi connectivity index (χ1n) is 8.25. The van der Waals surface area contributed by atoms with E-state index in [-0.39, 0.29) is 24.4 Å². The third-order valence-corrected chi connectivity index (χ3v) is 4.24. The van der Waals surface area contributed by atoms with Crippen LogP contribution in [-0.2, 0) is 4.79 Å². The molecule has 130 valence electrons. The highest BCUT2D eigenvalue weighted by Crippen LogP contribution is 2.25. The molecule has 1 aromatic carbocycles. The van der Waals surface area contributed by atoms with E-state index in [0.29, 0.717) is 5.92 Å². The summed E-state index contributed by atoms with van der Waals surface area (Å²) < 4.78 is 5.91. The van der Waals surface area contributed by atoms with Gasteiger partial charge in [0.2, 0.25) is 0 Å². The molecule has 1 aromatic rings. The zero-order chi connectivity index (χ0) is 16.1. The minimum absolute atomic E-state index is 0. The van der Waals surface area contributed by atoms with E-state index in [1.165, 1.54) is 5.56 Å². The Kier molecular flexibility index (Phi) is 7.86. The number of ether oxygens (including phenoxy) is 1. The summed E-state index contributed by atoms with van der Waals surface area (Å²) >= 11 is 0. The third kappa shape index (κ3) is 5.70. The fraction of sp³-hybridized carbons (Fsp3) is 0.611. The van der Waals surface area contributed by atoms with Crippen molar-refractivity contribution in [3.05, 3.63) is 29.3 Å². The topological polar surface area (TPSA) is 50.4 Å². The molecular formula is C18H29ClN2O2. The minimum Gasteiger partial charge on any atom is -0.481 e. The maximum absolute atomic E-state index is 12.3. The van der Waals surface area contributed by atoms with Crippen LogP contribution in [-0.4, -0.2) is 31.1 Å². The average molecular weight is 341 g/mol. The lowest BCUT2D eigenvalue weighted by molar-refractivity contribution is -0.128. The van der Waals surface area contributed by atoms with E-state index in [1.54, 1.807) is 0 Å². The molecular weight excluding hydrogens is 312 g/mol. The molecule has 1 heterocycles. The van der Waals surface area contributed by atoms with Crippen LogP contribution in [0.3, 0.4) is 0 Å². The van der Waals surface area contributed by atoms with E-state index in [1.807, 2.05) is 19.9 Å². The zero-order valence-corrected chi connectivity index (χ0v) is 15.3. The molecule has 0 aromatic heterocycles. The van der Waals surface area contributed by atoms with Gasteiger partial charge in [-0.1, -0.05) is 26.0 Å². The molecule has 1 aliphatic heterocycles. The molecule has 1 atom stereocenters. The Morgan fingerprint density at radius 3 is 2.52 bits per heavy atom. The van der Waals surface area contributed by atoms with Crippen LogP contribution >= 0.6 is 12.4 Å². The largest absolute Gasteiger partial charge is 0.481 e. The Bertz CT molecular complexity index is 514. The van der Waals surface area contributed by atoms with E-state index in [2.05, 4.69) is 36.6 Å². The fourth-order valence-electron chi connectivity index (χ4n) is 2.63. The monoisotopic (exact) mass is 340 g/mol. The first kappa shape index (κ1) is 19.8. The van der Waals surface area contributed by atoms with Crippen LogP contribution in [0.4, 0.5) is 0 Å². The number of carbonyl (C=O) groups is 1. The number of nitrogens with one attached hydrogen (secondary N) is 2. The summed E-state index contributed by atoms with van der Waals surface area (Å²) in [4.78, 5) is 12.3.